The average Bonchev–Trinajstić information content (AvgIpc) is 2.11. The minimum atomic E-state index is -2.12. The molecule has 1 aliphatic rings. The maximum atomic E-state index is 6.24. The summed E-state index contributed by atoms with van der Waals surface area (Å²) in [6, 6.07) is 0. The molecule has 0 spiro atoms. The van der Waals surface area contributed by atoms with E-state index in [1.54, 1.807) is 0 Å². The van der Waals surface area contributed by atoms with Gasteiger partial charge < -0.3 is 17.1 Å². The maximum absolute atomic E-state index is 6.24. The minimum absolute atomic E-state index is 0.327. The van der Waals surface area contributed by atoms with Gasteiger partial charge in [-0.25, -0.2) is 0 Å². The SMILES string of the molecule is CCC(C)C1(C)O[Si](C)(C)O[SiH2]O[Si](C)(C)O1. The third kappa shape index (κ3) is 4.27. The quantitative estimate of drug-likeness (QED) is 0.732. The molecule has 0 amide bonds. The third-order valence-electron chi connectivity index (χ3n) is 3.22. The molecule has 0 saturated carbocycles. The fraction of sp³-hybridized carbons (Fsp3) is 1.00. The van der Waals surface area contributed by atoms with Crippen molar-refractivity contribution in [2.45, 2.75) is 59.2 Å². The van der Waals surface area contributed by atoms with E-state index in [4.69, 9.17) is 17.1 Å². The molecular weight excluding hydrogens is 268 g/mol. The van der Waals surface area contributed by atoms with E-state index in [1.165, 1.54) is 0 Å². The molecule has 102 valence electrons. The molecule has 0 aromatic heterocycles. The van der Waals surface area contributed by atoms with E-state index >= 15 is 0 Å². The van der Waals surface area contributed by atoms with Crippen molar-refractivity contribution in [1.29, 1.82) is 0 Å². The summed E-state index contributed by atoms with van der Waals surface area (Å²) < 4.78 is 24.2. The van der Waals surface area contributed by atoms with Crippen molar-refractivity contribution in [3.63, 3.8) is 0 Å². The van der Waals surface area contributed by atoms with Crippen molar-refractivity contribution in [2.75, 3.05) is 0 Å². The summed E-state index contributed by atoms with van der Waals surface area (Å²) in [5.41, 5.74) is 0. The molecule has 0 aromatic rings. The van der Waals surface area contributed by atoms with Crippen LogP contribution < -0.4 is 0 Å². The summed E-state index contributed by atoms with van der Waals surface area (Å²) in [7, 11) is -5.19. The van der Waals surface area contributed by atoms with E-state index in [2.05, 4.69) is 40.0 Å². The molecule has 1 rings (SSSR count). The highest BCUT2D eigenvalue weighted by molar-refractivity contribution is 6.73. The van der Waals surface area contributed by atoms with Gasteiger partial charge in [-0.3, -0.25) is 0 Å². The molecule has 1 heterocycles. The first-order valence-corrected chi connectivity index (χ1v) is 13.1. The third-order valence-corrected chi connectivity index (χ3v) is 11.5. The van der Waals surface area contributed by atoms with Crippen molar-refractivity contribution >= 4 is 27.1 Å². The van der Waals surface area contributed by atoms with Gasteiger partial charge in [0.2, 0.25) is 0 Å². The Hall–Kier alpha value is 0.491. The molecule has 0 bridgehead atoms. The number of hydrogen-bond acceptors (Lipinski definition) is 4. The van der Waals surface area contributed by atoms with Crippen molar-refractivity contribution in [3.05, 3.63) is 0 Å². The van der Waals surface area contributed by atoms with E-state index in [-0.39, 0.29) is 0 Å². The van der Waals surface area contributed by atoms with E-state index in [1.807, 2.05) is 6.92 Å². The van der Waals surface area contributed by atoms with E-state index in [0.29, 0.717) is 5.92 Å². The van der Waals surface area contributed by atoms with Crippen molar-refractivity contribution < 1.29 is 17.1 Å². The Morgan fingerprint density at radius 1 is 1.06 bits per heavy atom. The molecular formula is C10H26O4Si3. The van der Waals surface area contributed by atoms with Crippen LogP contribution in [0.3, 0.4) is 0 Å². The zero-order chi connectivity index (χ0) is 13.3. The summed E-state index contributed by atoms with van der Waals surface area (Å²) in [6.45, 7) is 14.6. The van der Waals surface area contributed by atoms with Crippen LogP contribution in [0.1, 0.15) is 27.2 Å². The first kappa shape index (κ1) is 15.5. The van der Waals surface area contributed by atoms with Gasteiger partial charge in [-0.15, -0.1) is 0 Å². The van der Waals surface area contributed by atoms with Crippen LogP contribution in [0, 0.1) is 5.92 Å². The Bertz CT molecular complexity index is 252. The molecule has 1 atom stereocenters. The highest BCUT2D eigenvalue weighted by atomic mass is 28.4. The maximum Gasteiger partial charge on any atom is 0.324 e. The summed E-state index contributed by atoms with van der Waals surface area (Å²) >= 11 is 0. The van der Waals surface area contributed by atoms with E-state index < -0.39 is 32.9 Å². The van der Waals surface area contributed by atoms with Gasteiger partial charge in [0.15, 0.2) is 5.79 Å². The molecule has 7 heteroatoms. The highest BCUT2D eigenvalue weighted by Crippen LogP contribution is 2.34. The molecule has 0 N–H and O–H groups in total. The van der Waals surface area contributed by atoms with Gasteiger partial charge in [0, 0.05) is 5.92 Å². The van der Waals surface area contributed by atoms with E-state index in [9.17, 15) is 0 Å². The molecule has 1 unspecified atom stereocenters. The second-order valence-corrected chi connectivity index (χ2v) is 14.3. The Kier molecular flexibility index (Phi) is 4.79. The summed E-state index contributed by atoms with van der Waals surface area (Å²) in [4.78, 5) is 0. The second kappa shape index (κ2) is 5.24. The topological polar surface area (TPSA) is 36.9 Å². The molecule has 0 aliphatic carbocycles. The summed E-state index contributed by atoms with van der Waals surface area (Å²) in [6.07, 6.45) is 1.02. The first-order chi connectivity index (χ1) is 7.60. The van der Waals surface area contributed by atoms with Gasteiger partial charge in [-0.2, -0.15) is 0 Å². The van der Waals surface area contributed by atoms with Crippen molar-refractivity contribution in [1.82, 2.24) is 0 Å². The largest absolute Gasteiger partial charge is 0.420 e. The number of hydrogen-bond donors (Lipinski definition) is 0. The molecule has 4 nitrogen and oxygen atoms in total. The molecule has 1 fully saturated rings. The van der Waals surface area contributed by atoms with Gasteiger partial charge >= 0.3 is 17.1 Å². The van der Waals surface area contributed by atoms with Crippen LogP contribution in [0.25, 0.3) is 0 Å². The smallest absolute Gasteiger partial charge is 0.324 e. The lowest BCUT2D eigenvalue weighted by Gasteiger charge is -2.46. The predicted molar refractivity (Wildman–Crippen MR) is 75.7 cm³/mol. The van der Waals surface area contributed by atoms with Gasteiger partial charge in [0.05, 0.1) is 0 Å². The highest BCUT2D eigenvalue weighted by Gasteiger charge is 2.46. The van der Waals surface area contributed by atoms with Gasteiger partial charge in [0.1, 0.15) is 0 Å². The standard InChI is InChI=1S/C10H26O4Si3/c1-8-9(2)10(3)11-16(4,5)13-15-14-17(6,7)12-10/h9H,8,15H2,1-7H3. The first-order valence-electron chi connectivity index (χ1n) is 6.28. The molecule has 1 saturated heterocycles. The van der Waals surface area contributed by atoms with Crippen LogP contribution in [0.15, 0.2) is 0 Å². The lowest BCUT2D eigenvalue weighted by atomic mass is 10.0. The Balaban J connectivity index is 2.95. The normalized spacial score (nSPS) is 36.2. The van der Waals surface area contributed by atoms with Crippen molar-refractivity contribution in [2.24, 2.45) is 5.92 Å². The Morgan fingerprint density at radius 2 is 1.47 bits per heavy atom. The average molecular weight is 295 g/mol. The van der Waals surface area contributed by atoms with Crippen LogP contribution >= 0.6 is 0 Å². The van der Waals surface area contributed by atoms with Crippen LogP contribution in [0.2, 0.25) is 26.2 Å². The Labute approximate surface area is 110 Å². The molecule has 17 heavy (non-hydrogen) atoms. The van der Waals surface area contributed by atoms with Crippen LogP contribution in [0.4, 0.5) is 0 Å². The fourth-order valence-corrected chi connectivity index (χ4v) is 7.97. The zero-order valence-electron chi connectivity index (χ0n) is 12.1. The lowest BCUT2D eigenvalue weighted by Crippen LogP contribution is -2.58. The fourth-order valence-electron chi connectivity index (χ4n) is 1.94. The molecule has 1 aliphatic heterocycles. The lowest BCUT2D eigenvalue weighted by molar-refractivity contribution is -0.169. The second-order valence-electron chi connectivity index (χ2n) is 5.74. The Morgan fingerprint density at radius 3 is 1.82 bits per heavy atom. The molecule has 0 radical (unpaired) electrons. The predicted octanol–water partition coefficient (Wildman–Crippen LogP) is 2.23. The van der Waals surface area contributed by atoms with Crippen molar-refractivity contribution in [3.8, 4) is 0 Å². The number of rotatable bonds is 2. The summed E-state index contributed by atoms with van der Waals surface area (Å²) in [5, 5.41) is 0. The van der Waals surface area contributed by atoms with E-state index in [0.717, 1.165) is 6.42 Å². The monoisotopic (exact) mass is 294 g/mol. The van der Waals surface area contributed by atoms with Crippen LogP contribution in [-0.4, -0.2) is 32.9 Å². The zero-order valence-corrected chi connectivity index (χ0v) is 15.5. The molecule has 0 aromatic carbocycles. The van der Waals surface area contributed by atoms with Gasteiger partial charge in [-0.1, -0.05) is 13.8 Å². The minimum Gasteiger partial charge on any atom is -0.420 e. The van der Waals surface area contributed by atoms with Gasteiger partial charge in [0.25, 0.3) is 10.0 Å². The summed E-state index contributed by atoms with van der Waals surface area (Å²) in [5.74, 6) is -0.248. The van der Waals surface area contributed by atoms with Crippen LogP contribution in [-0.2, 0) is 17.1 Å². The van der Waals surface area contributed by atoms with Gasteiger partial charge in [-0.05, 0) is 39.5 Å². The van der Waals surface area contributed by atoms with Crippen LogP contribution in [0.5, 0.6) is 0 Å².